The summed E-state index contributed by atoms with van der Waals surface area (Å²) in [5.74, 6) is 0. The van der Waals surface area contributed by atoms with Crippen molar-refractivity contribution >= 4 is 43.6 Å². The van der Waals surface area contributed by atoms with Crippen molar-refractivity contribution in [3.8, 4) is 0 Å². The molecule has 0 spiro atoms. The molecule has 2 atom stereocenters. The van der Waals surface area contributed by atoms with E-state index in [1.165, 1.54) is 17.2 Å². The summed E-state index contributed by atoms with van der Waals surface area (Å²) in [6.45, 7) is -0.117. The number of fused-ring (bicyclic) bond motifs is 2. The molecule has 4 heteroatoms. The van der Waals surface area contributed by atoms with Crippen molar-refractivity contribution in [3.63, 3.8) is 0 Å². The third kappa shape index (κ3) is 4.62. The van der Waals surface area contributed by atoms with Gasteiger partial charge in [-0.15, -0.1) is 24.8 Å². The quantitative estimate of drug-likeness (QED) is 0.352. The van der Waals surface area contributed by atoms with E-state index in [2.05, 4.69) is 103 Å². The van der Waals surface area contributed by atoms with Crippen molar-refractivity contribution in [3.05, 3.63) is 119 Å². The molecular formula is C25H25Cl2SiZr. The van der Waals surface area contributed by atoms with Gasteiger partial charge in [0.05, 0.1) is 0 Å². The van der Waals surface area contributed by atoms with Crippen molar-refractivity contribution in [2.45, 2.75) is 13.3 Å². The Hall–Kier alpha value is -1.18. The van der Waals surface area contributed by atoms with Crippen LogP contribution in [0.15, 0.2) is 91.0 Å². The van der Waals surface area contributed by atoms with Crippen molar-refractivity contribution in [2.75, 3.05) is 0 Å². The standard InChI is InChI=1S/2C9H7.C7H9Si.2ClH.Zr/c2*1-2-5-9-7-3-6-8(9)4-1;8-6-7-4-2-1-3-5-7;;;/h2*1-7H;1-5H,6,8H2;2*1H;. The second kappa shape index (κ2) is 10.2. The van der Waals surface area contributed by atoms with Crippen LogP contribution < -0.4 is 0 Å². The zero-order valence-corrected chi connectivity index (χ0v) is 21.7. The van der Waals surface area contributed by atoms with Crippen molar-refractivity contribution in [2.24, 2.45) is 0 Å². The van der Waals surface area contributed by atoms with Crippen LogP contribution in [-0.2, 0) is 27.0 Å². The van der Waals surface area contributed by atoms with Gasteiger partial charge in [0.15, 0.2) is 0 Å². The zero-order valence-electron chi connectivity index (χ0n) is 16.2. The van der Waals surface area contributed by atoms with Gasteiger partial charge in [-0.25, -0.2) is 0 Å². The van der Waals surface area contributed by atoms with Crippen LogP contribution >= 0.6 is 24.8 Å². The third-order valence-corrected chi connectivity index (χ3v) is 25.1. The molecule has 2 aliphatic rings. The van der Waals surface area contributed by atoms with E-state index in [1.807, 2.05) is 0 Å². The predicted molar refractivity (Wildman–Crippen MR) is 130 cm³/mol. The van der Waals surface area contributed by atoms with Gasteiger partial charge in [-0.3, -0.25) is 0 Å². The van der Waals surface area contributed by atoms with Gasteiger partial charge in [0.25, 0.3) is 0 Å². The summed E-state index contributed by atoms with van der Waals surface area (Å²) in [6, 6.07) is 30.7. The Balaban J connectivity index is 0.00000120. The van der Waals surface area contributed by atoms with E-state index >= 15 is 0 Å². The van der Waals surface area contributed by atoms with Crippen molar-refractivity contribution in [1.82, 2.24) is 0 Å². The minimum Gasteiger partial charge on any atom is -0.147 e. The number of benzene rings is 3. The van der Waals surface area contributed by atoms with Crippen molar-refractivity contribution in [1.29, 1.82) is 0 Å². The van der Waals surface area contributed by atoms with Gasteiger partial charge >= 0.3 is 172 Å². The Morgan fingerprint density at radius 2 is 1.10 bits per heavy atom. The maximum Gasteiger partial charge on any atom is -0.147 e. The fourth-order valence-corrected chi connectivity index (χ4v) is 25.1. The monoisotopic (exact) mass is 513 g/mol. The summed E-state index contributed by atoms with van der Waals surface area (Å²) in [6.07, 6.45) is 9.91. The first-order chi connectivity index (χ1) is 13.4. The molecule has 0 N–H and O–H groups in total. The van der Waals surface area contributed by atoms with E-state index in [4.69, 9.17) is 0 Å². The van der Waals surface area contributed by atoms with Crippen LogP contribution in [0.1, 0.15) is 35.1 Å². The summed E-state index contributed by atoms with van der Waals surface area (Å²) in [4.78, 5) is 0. The van der Waals surface area contributed by atoms with Gasteiger partial charge < -0.3 is 0 Å². The van der Waals surface area contributed by atoms with Gasteiger partial charge in [0.2, 0.25) is 0 Å². The maximum absolute atomic E-state index is 2.56. The number of hydrogen-bond donors (Lipinski definition) is 0. The van der Waals surface area contributed by atoms with E-state index in [0.29, 0.717) is 0 Å². The third-order valence-electron chi connectivity index (χ3n) is 5.94. The summed E-state index contributed by atoms with van der Waals surface area (Å²) in [5, 5.41) is 0. The van der Waals surface area contributed by atoms with Gasteiger partial charge in [0, 0.05) is 0 Å². The van der Waals surface area contributed by atoms with Gasteiger partial charge in [-0.2, -0.15) is 0 Å². The van der Waals surface area contributed by atoms with Gasteiger partial charge in [-0.05, 0) is 0 Å². The van der Waals surface area contributed by atoms with Crippen LogP contribution in [-0.4, -0.2) is 6.65 Å². The molecule has 0 aliphatic heterocycles. The van der Waals surface area contributed by atoms with Crippen LogP contribution in [0.2, 0.25) is 0 Å². The molecule has 29 heavy (non-hydrogen) atoms. The minimum atomic E-state index is -1.74. The first-order valence-electron chi connectivity index (χ1n) is 9.84. The summed E-state index contributed by atoms with van der Waals surface area (Å²) in [5.41, 5.74) is 7.71. The summed E-state index contributed by atoms with van der Waals surface area (Å²) in [7, 11) is 0. The maximum atomic E-state index is 2.56. The molecule has 0 bridgehead atoms. The normalized spacial score (nSPS) is 18.2. The van der Waals surface area contributed by atoms with E-state index in [9.17, 15) is 0 Å². The molecule has 3 aromatic carbocycles. The van der Waals surface area contributed by atoms with E-state index in [1.54, 1.807) is 16.7 Å². The molecule has 0 nitrogen and oxygen atoms in total. The second-order valence-electron chi connectivity index (χ2n) is 7.49. The summed E-state index contributed by atoms with van der Waals surface area (Å²) >= 11 is -1.74. The number of rotatable bonds is 5. The molecule has 5 rings (SSSR count). The van der Waals surface area contributed by atoms with Crippen molar-refractivity contribution < 1.29 is 20.9 Å². The largest absolute Gasteiger partial charge is 0.147 e. The number of allylic oxidation sites excluding steroid dienone is 2. The molecule has 0 saturated heterocycles. The fourth-order valence-electron chi connectivity index (χ4n) is 4.58. The molecule has 0 radical (unpaired) electrons. The first kappa shape index (κ1) is 22.5. The average Bonchev–Trinajstić information content (AvgIpc) is 3.34. The number of hydrogen-bond acceptors (Lipinski definition) is 0. The zero-order chi connectivity index (χ0) is 18.1. The van der Waals surface area contributed by atoms with Crippen LogP contribution in [0, 0.1) is 0 Å². The molecular weight excluding hydrogens is 490 g/mol. The Kier molecular flexibility index (Phi) is 7.93. The average molecular weight is 516 g/mol. The molecule has 2 unspecified atom stereocenters. The molecule has 0 fully saturated rings. The van der Waals surface area contributed by atoms with E-state index in [-0.39, 0.29) is 31.5 Å². The molecule has 0 saturated carbocycles. The predicted octanol–water partition coefficient (Wildman–Crippen LogP) is 6.27. The Labute approximate surface area is 195 Å². The first-order valence-corrected chi connectivity index (χ1v) is 19.6. The van der Waals surface area contributed by atoms with E-state index in [0.717, 1.165) is 7.25 Å². The minimum absolute atomic E-state index is 0. The molecule has 0 amide bonds. The van der Waals surface area contributed by atoms with Crippen LogP contribution in [0.4, 0.5) is 0 Å². The molecule has 2 aliphatic carbocycles. The molecule has 0 aromatic heterocycles. The Morgan fingerprint density at radius 3 is 1.66 bits per heavy atom. The smallest absolute Gasteiger partial charge is 0.147 e. The van der Waals surface area contributed by atoms with Crippen LogP contribution in [0.25, 0.3) is 12.2 Å². The second-order valence-corrected chi connectivity index (χ2v) is 22.9. The van der Waals surface area contributed by atoms with Crippen LogP contribution in [0.5, 0.6) is 0 Å². The topological polar surface area (TPSA) is 0 Å². The van der Waals surface area contributed by atoms with E-state index < -0.39 is 20.9 Å². The SMILES string of the molecule is C1=C[CH]([Zr]([SiH2]Cc2ccccc2)[CH]2C=Cc3ccccc32)c2ccccc21.Cl.Cl. The van der Waals surface area contributed by atoms with Gasteiger partial charge in [-0.1, -0.05) is 0 Å². The molecule has 3 aromatic rings. The molecule has 147 valence electrons. The fraction of sp³-hybridized carbons (Fsp3) is 0.120. The Bertz CT molecular complexity index is 955. The Morgan fingerprint density at radius 1 is 0.621 bits per heavy atom. The van der Waals surface area contributed by atoms with Crippen LogP contribution in [0.3, 0.4) is 0 Å². The van der Waals surface area contributed by atoms with Gasteiger partial charge in [0.1, 0.15) is 0 Å². The summed E-state index contributed by atoms with van der Waals surface area (Å²) < 4.78 is 1.50. The molecule has 0 heterocycles. The number of halogens is 2.